The number of aliphatic hydroxyl groups is 2. The SMILES string of the molecule is CC(C)(C)OC(=O)NC(CCSCC1OC(n2ccc3c(N)ncnc32)C(O)C1O)C(=O)OCC[Si](C)(C)C. The molecule has 0 aliphatic carbocycles. The third kappa shape index (κ3) is 8.80. The number of aromatic nitrogens is 3. The Balaban J connectivity index is 1.56. The van der Waals surface area contributed by atoms with Gasteiger partial charge in [-0.3, -0.25) is 0 Å². The lowest BCUT2D eigenvalue weighted by atomic mass is 10.1. The van der Waals surface area contributed by atoms with E-state index in [1.165, 1.54) is 18.1 Å². The Morgan fingerprint density at radius 1 is 1.26 bits per heavy atom. The summed E-state index contributed by atoms with van der Waals surface area (Å²) in [6.07, 6.45) is -1.19. The van der Waals surface area contributed by atoms with Crippen LogP contribution in [-0.2, 0) is 19.0 Å². The van der Waals surface area contributed by atoms with Crippen molar-refractivity contribution < 1.29 is 34.0 Å². The maximum Gasteiger partial charge on any atom is 0.408 e. The zero-order chi connectivity index (χ0) is 29.0. The molecule has 5 unspecified atom stereocenters. The van der Waals surface area contributed by atoms with E-state index in [2.05, 4.69) is 34.9 Å². The standard InChI is InChI=1S/C25H41N5O7SSi/c1-25(2,3)37-24(34)29-16(23(33)35-10-12-39(4,5)6)8-11-38-13-17-18(31)19(32)22(36-17)30-9-7-15-20(26)27-14-28-21(15)30/h7,9,14,16-19,22,31-32H,8,10-13H2,1-6H3,(H,29,34)(H2,26,27,28). The van der Waals surface area contributed by atoms with Crippen molar-refractivity contribution in [1.82, 2.24) is 19.9 Å². The van der Waals surface area contributed by atoms with Gasteiger partial charge < -0.3 is 40.0 Å². The quantitative estimate of drug-likeness (QED) is 0.174. The minimum absolute atomic E-state index is 0.295. The van der Waals surface area contributed by atoms with Gasteiger partial charge in [0.15, 0.2) is 6.23 Å². The summed E-state index contributed by atoms with van der Waals surface area (Å²) in [6, 6.07) is 1.68. The molecular weight excluding hydrogens is 542 g/mol. The van der Waals surface area contributed by atoms with Crippen molar-refractivity contribution in [2.75, 3.05) is 23.8 Å². The number of alkyl carbamates (subject to hydrolysis) is 1. The average Bonchev–Trinajstić information content (AvgIpc) is 3.36. The first-order chi connectivity index (χ1) is 18.2. The van der Waals surface area contributed by atoms with Crippen LogP contribution in [0, 0.1) is 0 Å². The Morgan fingerprint density at radius 3 is 2.64 bits per heavy atom. The minimum Gasteiger partial charge on any atom is -0.464 e. The molecule has 5 atom stereocenters. The van der Waals surface area contributed by atoms with Gasteiger partial charge in [0.1, 0.15) is 41.6 Å². The number of anilines is 1. The monoisotopic (exact) mass is 583 g/mol. The van der Waals surface area contributed by atoms with Gasteiger partial charge in [-0.15, -0.1) is 0 Å². The fraction of sp³-hybridized carbons (Fsp3) is 0.680. The van der Waals surface area contributed by atoms with E-state index in [0.717, 1.165) is 6.04 Å². The van der Waals surface area contributed by atoms with Crippen molar-refractivity contribution in [1.29, 1.82) is 0 Å². The summed E-state index contributed by atoms with van der Waals surface area (Å²) in [6.45, 7) is 12.1. The van der Waals surface area contributed by atoms with Crippen molar-refractivity contribution in [3.8, 4) is 0 Å². The summed E-state index contributed by atoms with van der Waals surface area (Å²) in [7, 11) is -1.39. The lowest BCUT2D eigenvalue weighted by Gasteiger charge is -2.23. The van der Waals surface area contributed by atoms with Gasteiger partial charge in [-0.05, 0) is 45.1 Å². The Hall–Kier alpha value is -2.39. The van der Waals surface area contributed by atoms with Crippen LogP contribution in [0.5, 0.6) is 0 Å². The second-order valence-electron chi connectivity index (χ2n) is 11.8. The summed E-state index contributed by atoms with van der Waals surface area (Å²) in [4.78, 5) is 33.3. The normalized spacial score (nSPS) is 22.6. The lowest BCUT2D eigenvalue weighted by molar-refractivity contribution is -0.145. The van der Waals surface area contributed by atoms with Crippen molar-refractivity contribution in [3.05, 3.63) is 18.6 Å². The Morgan fingerprint density at radius 2 is 1.97 bits per heavy atom. The number of carbonyl (C=O) groups is 2. The predicted molar refractivity (Wildman–Crippen MR) is 152 cm³/mol. The van der Waals surface area contributed by atoms with Crippen LogP contribution in [0.1, 0.15) is 33.4 Å². The molecule has 0 saturated carbocycles. The number of ether oxygens (including phenoxy) is 3. The molecule has 3 heterocycles. The van der Waals surface area contributed by atoms with Crippen molar-refractivity contribution in [2.24, 2.45) is 0 Å². The van der Waals surface area contributed by atoms with Gasteiger partial charge in [0.2, 0.25) is 0 Å². The highest BCUT2D eigenvalue weighted by Crippen LogP contribution is 2.34. The summed E-state index contributed by atoms with van der Waals surface area (Å²) in [5.41, 5.74) is 5.69. The van der Waals surface area contributed by atoms with E-state index in [0.29, 0.717) is 41.4 Å². The second kappa shape index (κ2) is 12.9. The Labute approximate surface area is 234 Å². The lowest BCUT2D eigenvalue weighted by Crippen LogP contribution is -2.45. The molecule has 1 aliphatic heterocycles. The highest BCUT2D eigenvalue weighted by Gasteiger charge is 2.44. The summed E-state index contributed by atoms with van der Waals surface area (Å²) >= 11 is 1.43. The molecule has 0 aromatic carbocycles. The van der Waals surface area contributed by atoms with E-state index in [1.54, 1.807) is 37.6 Å². The van der Waals surface area contributed by atoms with Crippen LogP contribution in [0.2, 0.25) is 25.7 Å². The Bertz CT molecular complexity index is 1140. The molecule has 5 N–H and O–H groups in total. The zero-order valence-electron chi connectivity index (χ0n) is 23.4. The van der Waals surface area contributed by atoms with E-state index >= 15 is 0 Å². The Kier molecular flexibility index (Phi) is 10.3. The number of hydrogen-bond acceptors (Lipinski definition) is 11. The predicted octanol–water partition coefficient (Wildman–Crippen LogP) is 2.53. The van der Waals surface area contributed by atoms with E-state index in [9.17, 15) is 19.8 Å². The molecule has 14 heteroatoms. The summed E-state index contributed by atoms with van der Waals surface area (Å²) in [5, 5.41) is 24.6. The molecule has 2 aromatic rings. The van der Waals surface area contributed by atoms with E-state index < -0.39 is 56.3 Å². The highest BCUT2D eigenvalue weighted by molar-refractivity contribution is 7.99. The molecule has 39 heavy (non-hydrogen) atoms. The van der Waals surface area contributed by atoms with Crippen molar-refractivity contribution in [3.63, 3.8) is 0 Å². The van der Waals surface area contributed by atoms with Gasteiger partial charge in [0.05, 0.1) is 18.1 Å². The maximum absolute atomic E-state index is 12.8. The molecule has 3 rings (SSSR count). The molecule has 0 bridgehead atoms. The number of amides is 1. The van der Waals surface area contributed by atoms with Crippen molar-refractivity contribution in [2.45, 2.75) is 89.1 Å². The number of nitrogen functional groups attached to an aromatic ring is 1. The number of nitrogens with two attached hydrogens (primary N) is 1. The van der Waals surface area contributed by atoms with Crippen LogP contribution in [0.15, 0.2) is 18.6 Å². The molecule has 0 radical (unpaired) electrons. The molecule has 218 valence electrons. The topological polar surface area (TPSA) is 171 Å². The molecule has 0 spiro atoms. The van der Waals surface area contributed by atoms with E-state index in [4.69, 9.17) is 19.9 Å². The first-order valence-electron chi connectivity index (χ1n) is 13.0. The van der Waals surface area contributed by atoms with Gasteiger partial charge >= 0.3 is 12.1 Å². The number of fused-ring (bicyclic) bond motifs is 1. The van der Waals surface area contributed by atoms with Gasteiger partial charge in [0.25, 0.3) is 0 Å². The van der Waals surface area contributed by atoms with Gasteiger partial charge in [-0.1, -0.05) is 19.6 Å². The number of nitrogens with zero attached hydrogens (tertiary/aromatic N) is 3. The molecule has 12 nitrogen and oxygen atoms in total. The fourth-order valence-electron chi connectivity index (χ4n) is 3.95. The van der Waals surface area contributed by atoms with Crippen molar-refractivity contribution >= 4 is 48.7 Å². The van der Waals surface area contributed by atoms with Crippen LogP contribution in [-0.4, -0.2) is 93.0 Å². The van der Waals surface area contributed by atoms with Gasteiger partial charge in [0, 0.05) is 20.0 Å². The fourth-order valence-corrected chi connectivity index (χ4v) is 5.74. The van der Waals surface area contributed by atoms with Gasteiger partial charge in [-0.2, -0.15) is 11.8 Å². The molecule has 1 fully saturated rings. The minimum atomic E-state index is -1.39. The number of rotatable bonds is 11. The van der Waals surface area contributed by atoms with Gasteiger partial charge in [-0.25, -0.2) is 19.6 Å². The maximum atomic E-state index is 12.8. The highest BCUT2D eigenvalue weighted by atomic mass is 32.2. The first-order valence-corrected chi connectivity index (χ1v) is 17.8. The number of aliphatic hydroxyl groups excluding tert-OH is 2. The van der Waals surface area contributed by atoms with Crippen LogP contribution in [0.25, 0.3) is 11.0 Å². The second-order valence-corrected chi connectivity index (χ2v) is 18.6. The number of hydrogen-bond donors (Lipinski definition) is 4. The summed E-state index contributed by atoms with van der Waals surface area (Å²) in [5.74, 6) is 0.628. The third-order valence-corrected chi connectivity index (χ3v) is 8.85. The number of nitrogens with one attached hydrogen (secondary N) is 1. The van der Waals surface area contributed by atoms with Crippen LogP contribution < -0.4 is 11.1 Å². The molecule has 1 aliphatic rings. The number of thioether (sulfide) groups is 1. The van der Waals surface area contributed by atoms with E-state index in [1.807, 2.05) is 0 Å². The van der Waals surface area contributed by atoms with Crippen LogP contribution in [0.4, 0.5) is 10.6 Å². The largest absolute Gasteiger partial charge is 0.464 e. The number of esters is 1. The first kappa shape index (κ1) is 31.1. The molecule has 1 amide bonds. The summed E-state index contributed by atoms with van der Waals surface area (Å²) < 4.78 is 18.4. The smallest absolute Gasteiger partial charge is 0.408 e. The van der Waals surface area contributed by atoms with Crippen LogP contribution in [0.3, 0.4) is 0 Å². The van der Waals surface area contributed by atoms with E-state index in [-0.39, 0.29) is 0 Å². The average molecular weight is 584 g/mol. The van der Waals surface area contributed by atoms with Crippen LogP contribution >= 0.6 is 11.8 Å². The number of carbonyl (C=O) groups excluding carboxylic acids is 2. The molecule has 2 aromatic heterocycles. The molecular formula is C25H41N5O7SSi. The zero-order valence-corrected chi connectivity index (χ0v) is 25.2. The molecule has 1 saturated heterocycles. The third-order valence-electron chi connectivity index (χ3n) is 6.06.